The molecular weight excluding hydrogens is 222 g/mol. The normalized spacial score (nSPS) is 11.9. The predicted octanol–water partition coefficient (Wildman–Crippen LogP) is 3.55. The van der Waals surface area contributed by atoms with E-state index in [1.807, 2.05) is 25.1 Å². The first-order valence-electron chi connectivity index (χ1n) is 6.09. The summed E-state index contributed by atoms with van der Waals surface area (Å²) in [6.45, 7) is 3.52. The maximum atomic E-state index is 11.0. The van der Waals surface area contributed by atoms with Crippen molar-refractivity contribution in [3.8, 4) is 11.1 Å². The highest BCUT2D eigenvalue weighted by Crippen LogP contribution is 2.21. The molecule has 1 unspecified atom stereocenters. The second-order valence-electron chi connectivity index (χ2n) is 4.41. The minimum atomic E-state index is -0.00497. The Morgan fingerprint density at radius 3 is 2.06 bits per heavy atom. The average molecular weight is 239 g/mol. The van der Waals surface area contributed by atoms with Gasteiger partial charge in [0.15, 0.2) is 0 Å². The van der Waals surface area contributed by atoms with Crippen molar-refractivity contribution >= 4 is 5.91 Å². The predicted molar refractivity (Wildman–Crippen MR) is 74.1 cm³/mol. The number of nitrogens with one attached hydrogen (secondary N) is 1. The van der Waals surface area contributed by atoms with E-state index in [-0.39, 0.29) is 11.9 Å². The van der Waals surface area contributed by atoms with Crippen molar-refractivity contribution in [2.45, 2.75) is 19.9 Å². The summed E-state index contributed by atoms with van der Waals surface area (Å²) in [5.41, 5.74) is 3.51. The molecule has 2 aromatic carbocycles. The van der Waals surface area contributed by atoms with Crippen molar-refractivity contribution in [1.82, 2.24) is 5.32 Å². The topological polar surface area (TPSA) is 29.1 Å². The fraction of sp³-hybridized carbons (Fsp3) is 0.188. The molecule has 18 heavy (non-hydrogen) atoms. The highest BCUT2D eigenvalue weighted by Gasteiger charge is 2.06. The van der Waals surface area contributed by atoms with Gasteiger partial charge in [-0.15, -0.1) is 0 Å². The van der Waals surface area contributed by atoms with Crippen LogP contribution < -0.4 is 5.32 Å². The Kier molecular flexibility index (Phi) is 3.78. The van der Waals surface area contributed by atoms with Gasteiger partial charge in [-0.1, -0.05) is 54.6 Å². The molecule has 0 heterocycles. The smallest absolute Gasteiger partial charge is 0.217 e. The van der Waals surface area contributed by atoms with E-state index in [0.29, 0.717) is 0 Å². The van der Waals surface area contributed by atoms with Crippen LogP contribution in [0.25, 0.3) is 11.1 Å². The van der Waals surface area contributed by atoms with Gasteiger partial charge in [0.05, 0.1) is 6.04 Å². The minimum absolute atomic E-state index is 0.00497. The molecule has 2 heteroatoms. The van der Waals surface area contributed by atoms with E-state index in [1.165, 1.54) is 18.1 Å². The van der Waals surface area contributed by atoms with Crippen LogP contribution in [0.2, 0.25) is 0 Å². The van der Waals surface area contributed by atoms with Crippen molar-refractivity contribution in [2.24, 2.45) is 0 Å². The highest BCUT2D eigenvalue weighted by atomic mass is 16.1. The first-order valence-corrected chi connectivity index (χ1v) is 6.09. The zero-order chi connectivity index (χ0) is 13.0. The van der Waals surface area contributed by atoms with Crippen LogP contribution >= 0.6 is 0 Å². The van der Waals surface area contributed by atoms with Crippen LogP contribution in [-0.4, -0.2) is 5.91 Å². The summed E-state index contributed by atoms with van der Waals surface area (Å²) >= 11 is 0. The van der Waals surface area contributed by atoms with Crippen molar-refractivity contribution in [1.29, 1.82) is 0 Å². The summed E-state index contributed by atoms with van der Waals surface area (Å²) in [4.78, 5) is 11.0. The Morgan fingerprint density at radius 2 is 1.50 bits per heavy atom. The van der Waals surface area contributed by atoms with Gasteiger partial charge in [-0.25, -0.2) is 0 Å². The van der Waals surface area contributed by atoms with Crippen molar-refractivity contribution in [3.63, 3.8) is 0 Å². The maximum absolute atomic E-state index is 11.0. The number of benzene rings is 2. The number of carbonyl (C=O) groups excluding carboxylic acids is 1. The third-order valence-electron chi connectivity index (χ3n) is 2.94. The number of hydrogen-bond acceptors (Lipinski definition) is 1. The number of rotatable bonds is 3. The van der Waals surface area contributed by atoms with Crippen molar-refractivity contribution < 1.29 is 4.79 Å². The van der Waals surface area contributed by atoms with Gasteiger partial charge in [-0.2, -0.15) is 0 Å². The van der Waals surface area contributed by atoms with Crippen LogP contribution in [0.4, 0.5) is 0 Å². The average Bonchev–Trinajstić information content (AvgIpc) is 2.39. The lowest BCUT2D eigenvalue weighted by Gasteiger charge is -2.13. The zero-order valence-corrected chi connectivity index (χ0v) is 10.7. The molecule has 1 N–H and O–H groups in total. The molecule has 92 valence electrons. The summed E-state index contributed by atoms with van der Waals surface area (Å²) in [5.74, 6) is -0.00497. The third kappa shape index (κ3) is 2.98. The van der Waals surface area contributed by atoms with Gasteiger partial charge in [-0.3, -0.25) is 4.79 Å². The Hall–Kier alpha value is -2.09. The molecule has 2 nitrogen and oxygen atoms in total. The van der Waals surface area contributed by atoms with E-state index in [9.17, 15) is 4.79 Å². The molecule has 1 atom stereocenters. The minimum Gasteiger partial charge on any atom is -0.350 e. The number of amides is 1. The summed E-state index contributed by atoms with van der Waals surface area (Å²) in [5, 5.41) is 2.88. The van der Waals surface area contributed by atoms with Crippen molar-refractivity contribution in [3.05, 3.63) is 60.2 Å². The zero-order valence-electron chi connectivity index (χ0n) is 10.7. The summed E-state index contributed by atoms with van der Waals surface area (Å²) in [6, 6.07) is 18.6. The highest BCUT2D eigenvalue weighted by molar-refractivity contribution is 5.73. The van der Waals surface area contributed by atoms with Gasteiger partial charge in [0.25, 0.3) is 0 Å². The lowest BCUT2D eigenvalue weighted by atomic mass is 10.0. The fourth-order valence-electron chi connectivity index (χ4n) is 1.98. The van der Waals surface area contributed by atoms with Gasteiger partial charge in [0.2, 0.25) is 5.91 Å². The van der Waals surface area contributed by atoms with Crippen LogP contribution in [0.5, 0.6) is 0 Å². The molecule has 0 fully saturated rings. The van der Waals surface area contributed by atoms with Crippen molar-refractivity contribution in [2.75, 3.05) is 0 Å². The van der Waals surface area contributed by atoms with Gasteiger partial charge in [-0.05, 0) is 23.6 Å². The molecule has 2 aromatic rings. The molecule has 0 aromatic heterocycles. The van der Waals surface area contributed by atoms with Crippen LogP contribution in [0.15, 0.2) is 54.6 Å². The molecule has 0 aliphatic heterocycles. The second kappa shape index (κ2) is 5.50. The summed E-state index contributed by atoms with van der Waals surface area (Å²) in [6.07, 6.45) is 0. The summed E-state index contributed by atoms with van der Waals surface area (Å²) < 4.78 is 0. The van der Waals surface area contributed by atoms with Gasteiger partial charge in [0.1, 0.15) is 0 Å². The SMILES string of the molecule is CC(=O)NC(C)c1ccc(-c2ccccc2)cc1. The molecule has 0 radical (unpaired) electrons. The molecule has 0 aliphatic rings. The molecule has 2 rings (SSSR count). The van der Waals surface area contributed by atoms with Gasteiger partial charge >= 0.3 is 0 Å². The monoisotopic (exact) mass is 239 g/mol. The van der Waals surface area contributed by atoms with E-state index >= 15 is 0 Å². The van der Waals surface area contributed by atoms with E-state index in [0.717, 1.165) is 5.56 Å². The van der Waals surface area contributed by atoms with E-state index in [2.05, 4.69) is 41.7 Å². The first-order chi connectivity index (χ1) is 8.66. The quantitative estimate of drug-likeness (QED) is 0.872. The van der Waals surface area contributed by atoms with Crippen LogP contribution in [0, 0.1) is 0 Å². The van der Waals surface area contributed by atoms with E-state index in [4.69, 9.17) is 0 Å². The van der Waals surface area contributed by atoms with Crippen LogP contribution in [0.1, 0.15) is 25.5 Å². The van der Waals surface area contributed by atoms with Crippen LogP contribution in [-0.2, 0) is 4.79 Å². The van der Waals surface area contributed by atoms with Gasteiger partial charge in [0, 0.05) is 6.92 Å². The first kappa shape index (κ1) is 12.4. The Morgan fingerprint density at radius 1 is 0.944 bits per heavy atom. The third-order valence-corrected chi connectivity index (χ3v) is 2.94. The largest absolute Gasteiger partial charge is 0.350 e. The Labute approximate surface area is 108 Å². The Balaban J connectivity index is 2.18. The molecule has 0 saturated carbocycles. The molecular formula is C16H17NO. The number of carbonyl (C=O) groups is 1. The van der Waals surface area contributed by atoms with E-state index < -0.39 is 0 Å². The lowest BCUT2D eigenvalue weighted by Crippen LogP contribution is -2.23. The molecule has 1 amide bonds. The molecule has 0 bridgehead atoms. The lowest BCUT2D eigenvalue weighted by molar-refractivity contribution is -0.119. The van der Waals surface area contributed by atoms with E-state index in [1.54, 1.807) is 0 Å². The number of hydrogen-bond donors (Lipinski definition) is 1. The van der Waals surface area contributed by atoms with Gasteiger partial charge < -0.3 is 5.32 Å². The molecule has 0 spiro atoms. The summed E-state index contributed by atoms with van der Waals surface area (Å²) in [7, 11) is 0. The van der Waals surface area contributed by atoms with Crippen LogP contribution in [0.3, 0.4) is 0 Å². The molecule has 0 saturated heterocycles. The maximum Gasteiger partial charge on any atom is 0.217 e. The second-order valence-corrected chi connectivity index (χ2v) is 4.41. The Bertz CT molecular complexity index is 517. The fourth-order valence-corrected chi connectivity index (χ4v) is 1.98. The molecule has 0 aliphatic carbocycles. The standard InChI is InChI=1S/C16H17NO/c1-12(17-13(2)18)14-8-10-16(11-9-14)15-6-4-3-5-7-15/h3-12H,1-2H3,(H,17,18).